The summed E-state index contributed by atoms with van der Waals surface area (Å²) in [7, 11) is 0. The topological polar surface area (TPSA) is 175 Å². The summed E-state index contributed by atoms with van der Waals surface area (Å²) in [6.45, 7) is 74.2. The smallest absolute Gasteiger partial charge is 0.231 e. The van der Waals surface area contributed by atoms with E-state index in [1.165, 1.54) is 0 Å². The first-order chi connectivity index (χ1) is 68.1. The van der Waals surface area contributed by atoms with Crippen LogP contribution in [0.4, 0.5) is 0 Å². The lowest BCUT2D eigenvalue weighted by Gasteiger charge is -2.36. The highest BCUT2D eigenvalue weighted by molar-refractivity contribution is 6.29. The first-order valence-corrected chi connectivity index (χ1v) is 54.9. The number of aliphatic hydroxyl groups is 5. The van der Waals surface area contributed by atoms with Gasteiger partial charge >= 0.3 is 0 Å². The van der Waals surface area contributed by atoms with Crippen LogP contribution >= 0.6 is 23.2 Å². The molecule has 4 heterocycles. The van der Waals surface area contributed by atoms with Crippen LogP contribution in [0, 0.1) is 138 Å². The normalized spacial score (nSPS) is 15.9. The zero-order valence-corrected chi connectivity index (χ0v) is 98.2. The third-order valence-corrected chi connectivity index (χ3v) is 27.0. The monoisotopic (exact) mass is 2040 g/mol. The van der Waals surface area contributed by atoms with Crippen molar-refractivity contribution >= 4 is 23.2 Å². The van der Waals surface area contributed by atoms with Gasteiger partial charge in [0.05, 0.1) is 56.6 Å². The number of hydrogen-bond donors (Lipinski definition) is 5. The standard InChI is InChI=1S/C128H168O12.C4H8Cl2O/c1-37-41-45-49-53-93-101-77-103-94(54-50-46-42-38-2)105-79-107-96(56-52-48-44-40-4)108-80-106-95(55-51-47-43-39-3)104-78-102(93)110-98(62-58-86(118(8,9)10)74-90(122(20,21)22)66-70-126(31,32)130)112(104)136-83-138-114(106)100(64-60-88(120(14,15)16)76-92(124(26,27)28)68-72-128(35,36)132)116(108)140-84-139-115(107)99(63-59-87(119(11,12)13)75-91(123(23,24)25)67-71-127(33,34)131)113(105)137-82-135-111(103)97(109(101)133-81-134-110)61-57-85(117(5,6)7)73-89(121(17,18)19)65-69-125(29,30)129;1-3(5)4(6)2-7/h77-80,93-96,129-132H,37-56,81-84H2,1-36H3;3-4,7H,2H2,1H3/t;3-,4+/m.1/s1. The quantitative estimate of drug-likeness (QED) is 0.0218. The molecule has 1 aliphatic carbocycles. The predicted molar refractivity (Wildman–Crippen MR) is 606 cm³/mol. The van der Waals surface area contributed by atoms with E-state index in [1.54, 1.807) is 62.3 Å². The summed E-state index contributed by atoms with van der Waals surface area (Å²) in [6.07, 6.45) is 17.5. The lowest BCUT2D eigenvalue weighted by molar-refractivity contribution is 0.0972. The van der Waals surface area contributed by atoms with E-state index in [4.69, 9.17) is 66.2 Å². The summed E-state index contributed by atoms with van der Waals surface area (Å²) in [6, 6.07) is 9.61. The fourth-order valence-electron chi connectivity index (χ4n) is 17.4. The third-order valence-electron chi connectivity index (χ3n) is 26.1. The molecule has 0 saturated carbocycles. The molecule has 0 unspecified atom stereocenters. The molecule has 5 aliphatic rings. The second kappa shape index (κ2) is 50.9. The molecule has 0 saturated heterocycles. The molecule has 796 valence electrons. The van der Waals surface area contributed by atoms with Crippen LogP contribution in [0.3, 0.4) is 0 Å². The maximum absolute atomic E-state index is 11.2. The Labute approximate surface area is 898 Å². The van der Waals surface area contributed by atoms with Gasteiger partial charge in [-0.25, -0.2) is 0 Å². The van der Waals surface area contributed by atoms with Gasteiger partial charge in [-0.1, -0.05) is 414 Å². The van der Waals surface area contributed by atoms with E-state index in [0.29, 0.717) is 139 Å². The zero-order valence-electron chi connectivity index (χ0n) is 96.7. The van der Waals surface area contributed by atoms with E-state index in [-0.39, 0.29) is 44.5 Å². The van der Waals surface area contributed by atoms with Crippen molar-refractivity contribution in [3.63, 3.8) is 0 Å². The Hall–Kier alpha value is -9.78. The van der Waals surface area contributed by atoms with Crippen molar-refractivity contribution < 1.29 is 63.4 Å². The number of hydrogen-bond acceptors (Lipinski definition) is 13. The molecule has 0 amide bonds. The SMILES string of the molecule is CCCCCCC1c2cc3c4c(C#CC(=C=C(C#CC(C)(C)O)C(C)(C)C)C(C)(C)C)c2OCOc2c1cc1c(c2C#CC(=C=C(C#CC(C)(C)O)C(C)(C)C)C(C)(C)C)OCOc2c(cc5c(c2C#CC(=C=C(C#CC(C)(C)O)C(C)(C)C)C(C)(C)C)OCOc2c(cc(c(c2C#CC(=C=C(C#CC(C)(C)O)C(C)(C)C)C(C)(C)C)OCO4)C3CCCCCC)C5CCCCCC)C1CCCCCC.C[C@@H](Cl)[C@@H](Cl)CO. The lowest BCUT2D eigenvalue weighted by Crippen LogP contribution is -2.25. The van der Waals surface area contributed by atoms with E-state index in [2.05, 4.69) is 336 Å². The first kappa shape index (κ1) is 122. The van der Waals surface area contributed by atoms with Crippen molar-refractivity contribution in [2.75, 3.05) is 33.8 Å². The average molecular weight is 2040 g/mol. The summed E-state index contributed by atoms with van der Waals surface area (Å²) >= 11 is 10.9. The molecule has 147 heavy (non-hydrogen) atoms. The van der Waals surface area contributed by atoms with Gasteiger partial charge in [-0.2, -0.15) is 0 Å². The summed E-state index contributed by atoms with van der Waals surface area (Å²) in [5.41, 5.74) is 20.4. The number of ether oxygens (including phenoxy) is 8. The van der Waals surface area contributed by atoms with Gasteiger partial charge in [0, 0.05) is 117 Å². The molecule has 4 aromatic carbocycles. The van der Waals surface area contributed by atoms with E-state index in [0.717, 1.165) is 147 Å². The van der Waals surface area contributed by atoms with Gasteiger partial charge in [0.15, 0.2) is 0 Å². The molecule has 0 spiro atoms. The molecule has 0 aromatic heterocycles. The highest BCUT2D eigenvalue weighted by atomic mass is 35.5. The number of alkyl halides is 2. The average Bonchev–Trinajstić information content (AvgIpc) is 1.07. The maximum atomic E-state index is 11.2. The summed E-state index contributed by atoms with van der Waals surface area (Å²) in [5, 5.41) is 52.8. The Morgan fingerprint density at radius 3 is 0.544 bits per heavy atom. The second-order valence-corrected chi connectivity index (χ2v) is 51.9. The fourth-order valence-corrected chi connectivity index (χ4v) is 17.5. The zero-order chi connectivity index (χ0) is 110. The van der Waals surface area contributed by atoms with E-state index in [1.807, 2.05) is 0 Å². The molecule has 0 fully saturated rings. The first-order valence-electron chi connectivity index (χ1n) is 54.0. The third kappa shape index (κ3) is 35.2. The van der Waals surface area contributed by atoms with Crippen molar-refractivity contribution in [2.24, 2.45) is 43.3 Å². The predicted octanol–water partition coefficient (Wildman–Crippen LogP) is 31.2. The lowest BCUT2D eigenvalue weighted by atomic mass is 9.74. The van der Waals surface area contributed by atoms with Crippen molar-refractivity contribution in [3.05, 3.63) is 159 Å². The number of benzene rings is 4. The molecular weight excluding hydrogens is 1860 g/mol. The minimum absolute atomic E-state index is 0.0494. The number of unbranched alkanes of at least 4 members (excludes halogenated alkanes) is 12. The van der Waals surface area contributed by atoms with Gasteiger partial charge in [0.2, 0.25) is 27.2 Å². The van der Waals surface area contributed by atoms with Gasteiger partial charge < -0.3 is 63.4 Å². The fraction of sp³-hybridized carbons (Fsp3) is 0.606. The Morgan fingerprint density at radius 2 is 0.422 bits per heavy atom. The minimum atomic E-state index is -1.29. The van der Waals surface area contributed by atoms with Crippen molar-refractivity contribution in [3.8, 4) is 141 Å². The largest absolute Gasteiger partial charge is 0.456 e. The number of aliphatic hydroxyl groups excluding tert-OH is 1. The number of halogens is 2. The van der Waals surface area contributed by atoms with Crippen LogP contribution in [-0.2, 0) is 0 Å². The Morgan fingerprint density at radius 1 is 0.265 bits per heavy atom. The van der Waals surface area contributed by atoms with Gasteiger partial charge in [-0.05, 0) is 112 Å². The summed E-state index contributed by atoms with van der Waals surface area (Å²) < 4.78 is 60.9. The van der Waals surface area contributed by atoms with E-state index >= 15 is 0 Å². The number of rotatable bonds is 22. The van der Waals surface area contributed by atoms with Crippen LogP contribution in [0.15, 0.2) is 91.8 Å². The molecular formula is C132H176Cl2O13. The second-order valence-electron chi connectivity index (χ2n) is 50.7. The van der Waals surface area contributed by atoms with Crippen LogP contribution < -0.4 is 37.9 Å². The minimum Gasteiger partial charge on any atom is -0.456 e. The Kier molecular flexibility index (Phi) is 42.4. The molecule has 4 aliphatic heterocycles. The van der Waals surface area contributed by atoms with Gasteiger partial charge in [0.1, 0.15) is 90.7 Å². The van der Waals surface area contributed by atoms with Gasteiger partial charge in [-0.3, -0.25) is 0 Å². The molecule has 13 nitrogen and oxygen atoms in total. The van der Waals surface area contributed by atoms with Crippen molar-refractivity contribution in [1.29, 1.82) is 0 Å². The van der Waals surface area contributed by atoms with E-state index in [9.17, 15) is 20.4 Å². The van der Waals surface area contributed by atoms with Crippen molar-refractivity contribution in [1.82, 2.24) is 0 Å². The van der Waals surface area contributed by atoms with Crippen LogP contribution in [0.5, 0.6) is 46.0 Å². The van der Waals surface area contributed by atoms with Crippen LogP contribution in [-0.4, -0.2) is 92.5 Å². The maximum Gasteiger partial charge on any atom is 0.231 e. The van der Waals surface area contributed by atoms with Crippen LogP contribution in [0.1, 0.15) is 475 Å². The molecule has 4 aromatic rings. The van der Waals surface area contributed by atoms with Crippen molar-refractivity contribution in [2.45, 2.75) is 441 Å². The molecule has 8 bridgehead atoms. The summed E-state index contributed by atoms with van der Waals surface area (Å²) in [5.74, 6) is 59.0. The van der Waals surface area contributed by atoms with Crippen LogP contribution in [0.2, 0.25) is 0 Å². The van der Waals surface area contributed by atoms with Gasteiger partial charge in [-0.15, -0.1) is 23.2 Å². The van der Waals surface area contributed by atoms with Crippen LogP contribution in [0.25, 0.3) is 0 Å². The highest BCUT2D eigenvalue weighted by Crippen LogP contribution is 2.60. The Bertz CT molecular complexity index is 5380. The molecule has 0 radical (unpaired) electrons. The Balaban J connectivity index is 0.00000363. The highest BCUT2D eigenvalue weighted by Gasteiger charge is 2.43. The number of allylic oxidation sites excluding steroid dienone is 4. The molecule has 2 atom stereocenters. The molecule has 15 heteroatoms. The molecule has 9 rings (SSSR count). The summed E-state index contributed by atoms with van der Waals surface area (Å²) in [4.78, 5) is 0. The van der Waals surface area contributed by atoms with E-state index < -0.39 is 89.4 Å². The van der Waals surface area contributed by atoms with Gasteiger partial charge in [0.25, 0.3) is 0 Å². The molecule has 5 N–H and O–H groups in total.